The fourth-order valence-electron chi connectivity index (χ4n) is 2.82. The van der Waals surface area contributed by atoms with Crippen molar-refractivity contribution in [2.45, 2.75) is 26.3 Å². The van der Waals surface area contributed by atoms with Crippen LogP contribution in [0.1, 0.15) is 30.9 Å². The molecule has 0 saturated carbocycles. The van der Waals surface area contributed by atoms with Crippen LogP contribution in [0.4, 0.5) is 8.78 Å². The van der Waals surface area contributed by atoms with Crippen LogP contribution in [-0.4, -0.2) is 16.7 Å². The Morgan fingerprint density at radius 2 is 1.80 bits per heavy atom. The van der Waals surface area contributed by atoms with Crippen LogP contribution in [0.5, 0.6) is 5.75 Å². The van der Waals surface area contributed by atoms with Crippen LogP contribution in [0, 0.1) is 11.6 Å². The third-order valence-corrected chi connectivity index (χ3v) is 4.14. The van der Waals surface area contributed by atoms with Crippen LogP contribution in [0.3, 0.4) is 0 Å². The van der Waals surface area contributed by atoms with Crippen LogP contribution >= 0.6 is 0 Å². The lowest BCUT2D eigenvalue weighted by Gasteiger charge is -2.11. The molecule has 5 heteroatoms. The fourth-order valence-corrected chi connectivity index (χ4v) is 2.82. The van der Waals surface area contributed by atoms with Crippen molar-refractivity contribution >= 4 is 0 Å². The van der Waals surface area contributed by atoms with Gasteiger partial charge in [0, 0.05) is 23.9 Å². The smallest absolute Gasteiger partial charge is 0.139 e. The number of halogens is 2. The minimum atomic E-state index is -0.537. The number of ether oxygens (including phenoxy) is 1. The number of methoxy groups -OCH3 is 1. The summed E-state index contributed by atoms with van der Waals surface area (Å²) in [5, 5.41) is 0. The first-order valence-corrected chi connectivity index (χ1v) is 8.12. The molecule has 0 unspecified atom stereocenters. The van der Waals surface area contributed by atoms with E-state index in [4.69, 9.17) is 4.74 Å². The van der Waals surface area contributed by atoms with Gasteiger partial charge in [-0.15, -0.1) is 0 Å². The highest BCUT2D eigenvalue weighted by molar-refractivity contribution is 5.61. The molecule has 0 aliphatic carbocycles. The van der Waals surface area contributed by atoms with Crippen molar-refractivity contribution in [2.75, 3.05) is 7.11 Å². The molecule has 3 nitrogen and oxygen atoms in total. The molecule has 3 rings (SSSR count). The van der Waals surface area contributed by atoms with Crippen molar-refractivity contribution in [2.24, 2.45) is 0 Å². The standard InChI is InChI=1S/C20H20F2N2O/c1-13(2)19-17(21)9-8-16(20(19)22)18-11-24(12-23-18)10-14-4-6-15(25-3)7-5-14/h4-9,11-13H,10H2,1-3H3. The van der Waals surface area contributed by atoms with Gasteiger partial charge in [-0.3, -0.25) is 0 Å². The number of aromatic nitrogens is 2. The Hall–Kier alpha value is -2.69. The molecule has 0 fully saturated rings. The first kappa shape index (κ1) is 17.1. The second-order valence-corrected chi connectivity index (χ2v) is 6.26. The lowest BCUT2D eigenvalue weighted by atomic mass is 9.98. The van der Waals surface area contributed by atoms with Gasteiger partial charge in [-0.1, -0.05) is 26.0 Å². The van der Waals surface area contributed by atoms with Crippen molar-refractivity contribution in [3.63, 3.8) is 0 Å². The van der Waals surface area contributed by atoms with Crippen molar-refractivity contribution < 1.29 is 13.5 Å². The third-order valence-electron chi connectivity index (χ3n) is 4.14. The summed E-state index contributed by atoms with van der Waals surface area (Å²) in [6.07, 6.45) is 3.42. The zero-order chi connectivity index (χ0) is 18.0. The Bertz CT molecular complexity index is 870. The van der Waals surface area contributed by atoms with Gasteiger partial charge in [-0.25, -0.2) is 13.8 Å². The number of hydrogen-bond acceptors (Lipinski definition) is 2. The Morgan fingerprint density at radius 3 is 2.44 bits per heavy atom. The fraction of sp³-hybridized carbons (Fsp3) is 0.250. The number of nitrogens with zero attached hydrogens (tertiary/aromatic N) is 2. The van der Waals surface area contributed by atoms with E-state index in [0.717, 1.165) is 11.3 Å². The Labute approximate surface area is 145 Å². The first-order chi connectivity index (χ1) is 12.0. The summed E-state index contributed by atoms with van der Waals surface area (Å²) in [6.45, 7) is 4.15. The van der Waals surface area contributed by atoms with E-state index in [1.165, 1.54) is 12.1 Å². The quantitative estimate of drug-likeness (QED) is 0.652. The normalized spacial score (nSPS) is 11.1. The van der Waals surface area contributed by atoms with Crippen molar-refractivity contribution in [3.8, 4) is 17.0 Å². The summed E-state index contributed by atoms with van der Waals surface area (Å²) < 4.78 is 35.6. The maximum Gasteiger partial charge on any atom is 0.139 e. The van der Waals surface area contributed by atoms with E-state index in [1.54, 1.807) is 33.5 Å². The molecule has 130 valence electrons. The van der Waals surface area contributed by atoms with Gasteiger partial charge >= 0.3 is 0 Å². The molecule has 3 aromatic rings. The summed E-state index contributed by atoms with van der Waals surface area (Å²) in [7, 11) is 1.62. The summed E-state index contributed by atoms with van der Waals surface area (Å²) >= 11 is 0. The average Bonchev–Trinajstić information content (AvgIpc) is 3.03. The molecule has 0 aliphatic rings. The van der Waals surface area contributed by atoms with E-state index in [-0.39, 0.29) is 11.5 Å². The summed E-state index contributed by atoms with van der Waals surface area (Å²) in [5.41, 5.74) is 1.99. The molecule has 0 N–H and O–H groups in total. The molecule has 0 aliphatic heterocycles. The Morgan fingerprint density at radius 1 is 1.08 bits per heavy atom. The van der Waals surface area contributed by atoms with Crippen LogP contribution in [0.15, 0.2) is 48.9 Å². The summed E-state index contributed by atoms with van der Waals surface area (Å²) in [6, 6.07) is 10.5. The predicted octanol–water partition coefficient (Wildman–Crippen LogP) is 5.01. The van der Waals surface area contributed by atoms with E-state index >= 15 is 0 Å². The zero-order valence-corrected chi connectivity index (χ0v) is 14.5. The van der Waals surface area contributed by atoms with Crippen LogP contribution in [0.25, 0.3) is 11.3 Å². The molecule has 1 aromatic heterocycles. The van der Waals surface area contributed by atoms with E-state index in [1.807, 2.05) is 28.8 Å². The van der Waals surface area contributed by atoms with Gasteiger partial charge in [0.1, 0.15) is 17.4 Å². The highest BCUT2D eigenvalue weighted by atomic mass is 19.1. The van der Waals surface area contributed by atoms with Crippen molar-refractivity contribution in [3.05, 3.63) is 71.7 Å². The topological polar surface area (TPSA) is 27.1 Å². The molecule has 0 atom stereocenters. The van der Waals surface area contributed by atoms with Gasteiger partial charge in [0.25, 0.3) is 0 Å². The molecule has 0 radical (unpaired) electrons. The van der Waals surface area contributed by atoms with Gasteiger partial charge in [-0.05, 0) is 35.7 Å². The average molecular weight is 342 g/mol. The Kier molecular flexibility index (Phi) is 4.83. The van der Waals surface area contributed by atoms with Gasteiger partial charge < -0.3 is 9.30 Å². The first-order valence-electron chi connectivity index (χ1n) is 8.12. The van der Waals surface area contributed by atoms with E-state index in [0.29, 0.717) is 17.8 Å². The second-order valence-electron chi connectivity index (χ2n) is 6.26. The molecular weight excluding hydrogens is 322 g/mol. The number of hydrogen-bond donors (Lipinski definition) is 0. The molecule has 0 spiro atoms. The highest BCUT2D eigenvalue weighted by Gasteiger charge is 2.18. The largest absolute Gasteiger partial charge is 0.497 e. The lowest BCUT2D eigenvalue weighted by Crippen LogP contribution is -2.00. The van der Waals surface area contributed by atoms with Gasteiger partial charge in [0.15, 0.2) is 0 Å². The number of benzene rings is 2. The Balaban J connectivity index is 1.87. The molecule has 0 bridgehead atoms. The molecular formula is C20H20F2N2O. The maximum atomic E-state index is 14.7. The zero-order valence-electron chi connectivity index (χ0n) is 14.5. The lowest BCUT2D eigenvalue weighted by molar-refractivity contribution is 0.414. The molecule has 0 saturated heterocycles. The van der Waals surface area contributed by atoms with Gasteiger partial charge in [0.2, 0.25) is 0 Å². The van der Waals surface area contributed by atoms with E-state index in [9.17, 15) is 8.78 Å². The monoisotopic (exact) mass is 342 g/mol. The minimum absolute atomic E-state index is 0.0993. The maximum absolute atomic E-state index is 14.7. The predicted molar refractivity (Wildman–Crippen MR) is 93.8 cm³/mol. The highest BCUT2D eigenvalue weighted by Crippen LogP contribution is 2.30. The molecule has 0 amide bonds. The van der Waals surface area contributed by atoms with E-state index in [2.05, 4.69) is 4.98 Å². The minimum Gasteiger partial charge on any atom is -0.497 e. The summed E-state index contributed by atoms with van der Waals surface area (Å²) in [5.74, 6) is -0.496. The molecule has 25 heavy (non-hydrogen) atoms. The van der Waals surface area contributed by atoms with Crippen molar-refractivity contribution in [1.29, 1.82) is 0 Å². The second kappa shape index (κ2) is 7.05. The van der Waals surface area contributed by atoms with E-state index < -0.39 is 11.6 Å². The number of rotatable bonds is 5. The van der Waals surface area contributed by atoms with Gasteiger partial charge in [0.05, 0.1) is 19.1 Å². The number of imidazole rings is 1. The third kappa shape index (κ3) is 3.55. The SMILES string of the molecule is COc1ccc(Cn2cnc(-c3ccc(F)c(C(C)C)c3F)c2)cc1. The van der Waals surface area contributed by atoms with Crippen LogP contribution < -0.4 is 4.74 Å². The molecule has 2 aromatic carbocycles. The summed E-state index contributed by atoms with van der Waals surface area (Å²) in [4.78, 5) is 4.28. The van der Waals surface area contributed by atoms with Crippen LogP contribution in [-0.2, 0) is 6.54 Å². The van der Waals surface area contributed by atoms with Gasteiger partial charge in [-0.2, -0.15) is 0 Å². The molecule has 1 heterocycles. The van der Waals surface area contributed by atoms with Crippen molar-refractivity contribution in [1.82, 2.24) is 9.55 Å². The van der Waals surface area contributed by atoms with Crippen LogP contribution in [0.2, 0.25) is 0 Å².